The Labute approximate surface area is 176 Å². The lowest BCUT2D eigenvalue weighted by Crippen LogP contribution is -2.37. The molecule has 1 fully saturated rings. The zero-order valence-corrected chi connectivity index (χ0v) is 17.1. The van der Waals surface area contributed by atoms with Gasteiger partial charge >= 0.3 is 0 Å². The Hall–Kier alpha value is -2.60. The summed E-state index contributed by atoms with van der Waals surface area (Å²) in [7, 11) is 0. The maximum absolute atomic E-state index is 5.53. The average Bonchev–Trinajstić information content (AvgIpc) is 2.80. The number of pyridine rings is 1. The van der Waals surface area contributed by atoms with E-state index in [-0.39, 0.29) is 0 Å². The Balaban J connectivity index is 1.55. The van der Waals surface area contributed by atoms with Crippen molar-refractivity contribution in [2.24, 2.45) is 5.73 Å². The second-order valence-corrected chi connectivity index (χ2v) is 6.50. The summed E-state index contributed by atoms with van der Waals surface area (Å²) in [5.74, 6) is 1.61. The number of nitrogens with one attached hydrogen (secondary N) is 2. The first-order chi connectivity index (χ1) is 14.8. The van der Waals surface area contributed by atoms with Gasteiger partial charge in [0, 0.05) is 32.4 Å². The van der Waals surface area contributed by atoms with Gasteiger partial charge in [-0.3, -0.25) is 4.98 Å². The number of nitrogens with two attached hydrogens (primary N) is 1. The average molecular weight is 419 g/mol. The molecule has 0 aliphatic carbocycles. The Kier molecular flexibility index (Phi) is 9.47. The van der Waals surface area contributed by atoms with Gasteiger partial charge in [-0.1, -0.05) is 6.07 Å². The fourth-order valence-electron chi connectivity index (χ4n) is 2.74. The summed E-state index contributed by atoms with van der Waals surface area (Å²) in [5.41, 5.74) is 6.28. The van der Waals surface area contributed by atoms with Gasteiger partial charge in [-0.25, -0.2) is 0 Å². The molecule has 3 heterocycles. The minimum absolute atomic E-state index is 0.496. The van der Waals surface area contributed by atoms with E-state index in [0.29, 0.717) is 77.1 Å². The van der Waals surface area contributed by atoms with Gasteiger partial charge in [-0.2, -0.15) is 15.0 Å². The molecule has 1 aliphatic heterocycles. The predicted molar refractivity (Wildman–Crippen MR) is 114 cm³/mol. The molecule has 0 radical (unpaired) electrons. The van der Waals surface area contributed by atoms with E-state index in [2.05, 4.69) is 35.5 Å². The molecule has 30 heavy (non-hydrogen) atoms. The highest BCUT2D eigenvalue weighted by atomic mass is 16.5. The molecule has 164 valence electrons. The van der Waals surface area contributed by atoms with E-state index in [4.69, 9.17) is 19.9 Å². The maximum Gasteiger partial charge on any atom is 0.232 e. The van der Waals surface area contributed by atoms with Crippen LogP contribution in [0.2, 0.25) is 0 Å². The highest BCUT2D eigenvalue weighted by Gasteiger charge is 2.16. The summed E-state index contributed by atoms with van der Waals surface area (Å²) in [6.45, 7) is 6.54. The molecule has 1 aliphatic rings. The maximum atomic E-state index is 5.53. The van der Waals surface area contributed by atoms with Crippen molar-refractivity contribution in [2.45, 2.75) is 6.54 Å². The van der Waals surface area contributed by atoms with E-state index in [9.17, 15) is 0 Å². The summed E-state index contributed by atoms with van der Waals surface area (Å²) >= 11 is 0. The molecule has 4 N–H and O–H groups in total. The van der Waals surface area contributed by atoms with Crippen molar-refractivity contribution in [3.63, 3.8) is 0 Å². The predicted octanol–water partition coefficient (Wildman–Crippen LogP) is 0.119. The first kappa shape index (κ1) is 22.1. The van der Waals surface area contributed by atoms with Gasteiger partial charge < -0.3 is 35.5 Å². The lowest BCUT2D eigenvalue weighted by atomic mass is 10.3. The zero-order valence-electron chi connectivity index (χ0n) is 17.1. The Morgan fingerprint density at radius 3 is 2.47 bits per heavy atom. The van der Waals surface area contributed by atoms with Gasteiger partial charge in [0.05, 0.1) is 51.9 Å². The van der Waals surface area contributed by atoms with Gasteiger partial charge in [0.15, 0.2) is 0 Å². The van der Waals surface area contributed by atoms with Gasteiger partial charge in [0.2, 0.25) is 17.8 Å². The molecule has 0 atom stereocenters. The van der Waals surface area contributed by atoms with E-state index in [0.717, 1.165) is 18.8 Å². The molecule has 0 amide bonds. The molecule has 2 aromatic heterocycles. The lowest BCUT2D eigenvalue weighted by molar-refractivity contribution is 0.0547. The van der Waals surface area contributed by atoms with Crippen LogP contribution in [0.5, 0.6) is 0 Å². The molecule has 3 rings (SSSR count). The van der Waals surface area contributed by atoms with E-state index in [1.165, 1.54) is 0 Å². The standard InChI is InChI=1S/C19H30N8O3/c20-4-9-28-13-14-29-10-6-22-17-24-18(23-15-16-3-1-2-5-21-16)26-19(25-17)27-7-11-30-12-8-27/h1-3,5H,4,6-15,20H2,(H2,22,23,24,25,26). The summed E-state index contributed by atoms with van der Waals surface area (Å²) in [6.07, 6.45) is 1.76. The summed E-state index contributed by atoms with van der Waals surface area (Å²) in [6, 6.07) is 5.78. The number of ether oxygens (including phenoxy) is 3. The number of hydrogen-bond donors (Lipinski definition) is 3. The van der Waals surface area contributed by atoms with Crippen LogP contribution in [0, 0.1) is 0 Å². The van der Waals surface area contributed by atoms with Crippen LogP contribution in [0.15, 0.2) is 24.4 Å². The van der Waals surface area contributed by atoms with Crippen LogP contribution < -0.4 is 21.3 Å². The molecule has 0 saturated carbocycles. The van der Waals surface area contributed by atoms with Gasteiger partial charge in [0.1, 0.15) is 0 Å². The van der Waals surface area contributed by atoms with Crippen molar-refractivity contribution in [3.05, 3.63) is 30.1 Å². The highest BCUT2D eigenvalue weighted by Crippen LogP contribution is 2.15. The van der Waals surface area contributed by atoms with E-state index in [1.54, 1.807) is 6.20 Å². The second-order valence-electron chi connectivity index (χ2n) is 6.50. The fourth-order valence-corrected chi connectivity index (χ4v) is 2.74. The molecule has 11 nitrogen and oxygen atoms in total. The Morgan fingerprint density at radius 2 is 1.73 bits per heavy atom. The topological polar surface area (TPSA) is 133 Å². The molecular formula is C19H30N8O3. The smallest absolute Gasteiger partial charge is 0.232 e. The third kappa shape index (κ3) is 7.67. The Bertz CT molecular complexity index is 731. The second kappa shape index (κ2) is 12.9. The number of aromatic nitrogens is 4. The summed E-state index contributed by atoms with van der Waals surface area (Å²) in [5, 5.41) is 6.43. The quantitative estimate of drug-likeness (QED) is 0.383. The van der Waals surface area contributed by atoms with Crippen LogP contribution in [-0.4, -0.2) is 85.8 Å². The van der Waals surface area contributed by atoms with Crippen LogP contribution in [0.25, 0.3) is 0 Å². The molecule has 0 bridgehead atoms. The third-order valence-corrected chi connectivity index (χ3v) is 4.24. The van der Waals surface area contributed by atoms with Crippen LogP contribution in [0.4, 0.5) is 17.8 Å². The number of nitrogens with zero attached hydrogens (tertiary/aromatic N) is 5. The SMILES string of the molecule is NCCOCCOCCNc1nc(NCc2ccccn2)nc(N2CCOCC2)n1. The van der Waals surface area contributed by atoms with Crippen molar-refractivity contribution in [1.29, 1.82) is 0 Å². The van der Waals surface area contributed by atoms with E-state index < -0.39 is 0 Å². The van der Waals surface area contributed by atoms with Gasteiger partial charge in [0.25, 0.3) is 0 Å². The van der Waals surface area contributed by atoms with Crippen molar-refractivity contribution in [2.75, 3.05) is 81.4 Å². The number of morpholine rings is 1. The normalized spacial score (nSPS) is 14.0. The lowest BCUT2D eigenvalue weighted by Gasteiger charge is -2.27. The van der Waals surface area contributed by atoms with E-state index >= 15 is 0 Å². The molecule has 0 aromatic carbocycles. The first-order valence-electron chi connectivity index (χ1n) is 10.2. The van der Waals surface area contributed by atoms with Crippen LogP contribution in [0.3, 0.4) is 0 Å². The minimum atomic E-state index is 0.496. The molecule has 11 heteroatoms. The van der Waals surface area contributed by atoms with Crippen LogP contribution in [0.1, 0.15) is 5.69 Å². The molecular weight excluding hydrogens is 388 g/mol. The van der Waals surface area contributed by atoms with Crippen LogP contribution >= 0.6 is 0 Å². The van der Waals surface area contributed by atoms with Gasteiger partial charge in [-0.15, -0.1) is 0 Å². The van der Waals surface area contributed by atoms with E-state index in [1.807, 2.05) is 18.2 Å². The van der Waals surface area contributed by atoms with Crippen molar-refractivity contribution in [3.8, 4) is 0 Å². The van der Waals surface area contributed by atoms with Crippen molar-refractivity contribution >= 4 is 17.8 Å². The van der Waals surface area contributed by atoms with Gasteiger partial charge in [-0.05, 0) is 12.1 Å². The zero-order chi connectivity index (χ0) is 20.9. The summed E-state index contributed by atoms with van der Waals surface area (Å²) < 4.78 is 16.2. The van der Waals surface area contributed by atoms with Crippen LogP contribution in [-0.2, 0) is 20.8 Å². The first-order valence-corrected chi connectivity index (χ1v) is 10.2. The molecule has 1 saturated heterocycles. The number of anilines is 3. The largest absolute Gasteiger partial charge is 0.378 e. The minimum Gasteiger partial charge on any atom is -0.378 e. The monoisotopic (exact) mass is 418 g/mol. The summed E-state index contributed by atoms with van der Waals surface area (Å²) in [4.78, 5) is 20.0. The molecule has 0 unspecified atom stereocenters. The van der Waals surface area contributed by atoms with Crippen molar-refractivity contribution in [1.82, 2.24) is 19.9 Å². The number of hydrogen-bond acceptors (Lipinski definition) is 11. The third-order valence-electron chi connectivity index (χ3n) is 4.24. The molecule has 2 aromatic rings. The fraction of sp³-hybridized carbons (Fsp3) is 0.579. The Morgan fingerprint density at radius 1 is 0.967 bits per heavy atom. The van der Waals surface area contributed by atoms with Crippen molar-refractivity contribution < 1.29 is 14.2 Å². The number of rotatable bonds is 13. The highest BCUT2D eigenvalue weighted by molar-refractivity contribution is 5.44. The molecule has 0 spiro atoms.